The summed E-state index contributed by atoms with van der Waals surface area (Å²) in [6.45, 7) is 14.0. The van der Waals surface area contributed by atoms with Crippen LogP contribution < -0.4 is 14.7 Å². The molecule has 6 heterocycles. The first-order chi connectivity index (χ1) is 70.7. The fourth-order valence-electron chi connectivity index (χ4n) is 24.0. The molecule has 6 aromatic heterocycles. The van der Waals surface area contributed by atoms with Gasteiger partial charge in [0.1, 0.15) is 67.0 Å². The van der Waals surface area contributed by atoms with E-state index in [1.807, 2.05) is 54.6 Å². The summed E-state index contributed by atoms with van der Waals surface area (Å²) in [6, 6.07) is 162. The summed E-state index contributed by atoms with van der Waals surface area (Å²) in [5, 5.41) is 13.5. The molecule has 9 nitrogen and oxygen atoms in total. The smallest absolute Gasteiger partial charge is 0.143 e. The van der Waals surface area contributed by atoms with E-state index in [-0.39, 0.29) is 16.2 Å². The molecule has 3 aliphatic rings. The van der Waals surface area contributed by atoms with Crippen LogP contribution in [0.4, 0.5) is 51.2 Å². The average molecular weight is 1850 g/mol. The third-order valence-electron chi connectivity index (χ3n) is 30.9. The van der Waals surface area contributed by atoms with Crippen LogP contribution in [0.5, 0.6) is 0 Å². The van der Waals surface area contributed by atoms with E-state index in [0.717, 1.165) is 216 Å². The molecule has 0 atom stereocenters. The number of hydrogen-bond acceptors (Lipinski definition) is 9. The van der Waals surface area contributed by atoms with Crippen LogP contribution in [0, 0.1) is 0 Å². The SMILES string of the molecule is CC1(C)c2ccccc2-c2c(N(c3ccc(-c4ccc5c(c4)oc4ccccc45)cc3)c3cccc4oc5ccccc5c34)cccc21.CC1(C)c2ccccc2-c2c(N(c3ccc(-c4ccc5oc6ccccc6c5c4)cc3)c3cccc4oc5ccccc5c34)cccc21.CC1(C)c2ccccc2-c2c(N(c3ccc(-c4cccc5c4oc4ccccc45)cc3)c3cccc4oc5ccccc5c34)cccc21. The Labute approximate surface area is 831 Å². The summed E-state index contributed by atoms with van der Waals surface area (Å²) in [5.41, 5.74) is 42.9. The highest BCUT2D eigenvalue weighted by Crippen LogP contribution is 2.61. The molecule has 684 valence electrons. The van der Waals surface area contributed by atoms with Crippen molar-refractivity contribution >= 4 is 183 Å². The Bertz CT molecular complexity index is 9900. The summed E-state index contributed by atoms with van der Waals surface area (Å²) in [4.78, 5) is 7.28. The van der Waals surface area contributed by atoms with Crippen molar-refractivity contribution in [1.29, 1.82) is 0 Å². The molecule has 0 saturated heterocycles. The zero-order valence-corrected chi connectivity index (χ0v) is 80.1. The lowest BCUT2D eigenvalue weighted by molar-refractivity contribution is 0.660. The van der Waals surface area contributed by atoms with Gasteiger partial charge in [0.2, 0.25) is 0 Å². The van der Waals surface area contributed by atoms with Crippen LogP contribution >= 0.6 is 0 Å². The van der Waals surface area contributed by atoms with E-state index in [1.54, 1.807) is 0 Å². The molecule has 144 heavy (non-hydrogen) atoms. The fourth-order valence-corrected chi connectivity index (χ4v) is 24.0. The van der Waals surface area contributed by atoms with E-state index in [4.69, 9.17) is 26.5 Å². The highest BCUT2D eigenvalue weighted by Gasteiger charge is 2.42. The van der Waals surface area contributed by atoms with Crippen molar-refractivity contribution in [2.45, 2.75) is 57.8 Å². The Morgan fingerprint density at radius 2 is 0.417 bits per heavy atom. The molecule has 0 aliphatic heterocycles. The van der Waals surface area contributed by atoms with Gasteiger partial charge >= 0.3 is 0 Å². The minimum atomic E-state index is -0.114. The summed E-state index contributed by atoms with van der Waals surface area (Å²) < 4.78 is 38.0. The Morgan fingerprint density at radius 1 is 0.160 bits per heavy atom. The normalized spacial score (nSPS) is 13.4. The van der Waals surface area contributed by atoms with Crippen molar-refractivity contribution < 1.29 is 26.5 Å². The van der Waals surface area contributed by atoms with Gasteiger partial charge in [-0.1, -0.05) is 345 Å². The maximum Gasteiger partial charge on any atom is 0.143 e. The molecule has 0 bridgehead atoms. The maximum atomic E-state index is 6.42. The molecule has 21 aromatic carbocycles. The molecule has 0 fully saturated rings. The first-order valence-corrected chi connectivity index (χ1v) is 49.6. The third kappa shape index (κ3) is 13.0. The quantitative estimate of drug-likeness (QED) is 0.119. The van der Waals surface area contributed by atoms with Crippen molar-refractivity contribution in [2.75, 3.05) is 14.7 Å². The van der Waals surface area contributed by atoms with Gasteiger partial charge in [-0.3, -0.25) is 0 Å². The number of furan rings is 6. The van der Waals surface area contributed by atoms with Gasteiger partial charge in [0, 0.05) is 104 Å². The van der Waals surface area contributed by atoms with Gasteiger partial charge in [-0.25, -0.2) is 0 Å². The Morgan fingerprint density at radius 3 is 0.833 bits per heavy atom. The second-order valence-electron chi connectivity index (χ2n) is 39.9. The van der Waals surface area contributed by atoms with Gasteiger partial charge in [-0.2, -0.15) is 0 Å². The number of benzene rings is 21. The summed E-state index contributed by atoms with van der Waals surface area (Å²) >= 11 is 0. The predicted molar refractivity (Wildman–Crippen MR) is 596 cm³/mol. The molecular weight excluding hydrogens is 1760 g/mol. The molecular formula is C135H93N3O6. The van der Waals surface area contributed by atoms with E-state index in [9.17, 15) is 0 Å². The van der Waals surface area contributed by atoms with Crippen molar-refractivity contribution in [3.8, 4) is 66.8 Å². The second kappa shape index (κ2) is 32.5. The van der Waals surface area contributed by atoms with Crippen molar-refractivity contribution in [1.82, 2.24) is 0 Å². The monoisotopic (exact) mass is 1850 g/mol. The number of para-hydroxylation sites is 7. The number of fused-ring (bicyclic) bond motifs is 27. The predicted octanol–water partition coefficient (Wildman–Crippen LogP) is 38.8. The largest absolute Gasteiger partial charge is 0.456 e. The molecule has 0 radical (unpaired) electrons. The molecule has 30 rings (SSSR count). The van der Waals surface area contributed by atoms with Crippen molar-refractivity contribution in [3.63, 3.8) is 0 Å². The van der Waals surface area contributed by atoms with Gasteiger partial charge < -0.3 is 41.2 Å². The van der Waals surface area contributed by atoms with Gasteiger partial charge in [0.15, 0.2) is 0 Å². The van der Waals surface area contributed by atoms with Crippen molar-refractivity contribution in [3.05, 3.63) is 488 Å². The molecule has 0 saturated carbocycles. The Kier molecular flexibility index (Phi) is 18.9. The van der Waals surface area contributed by atoms with E-state index >= 15 is 0 Å². The summed E-state index contributed by atoms with van der Waals surface area (Å²) in [5.74, 6) is 0. The lowest BCUT2D eigenvalue weighted by atomic mass is 9.82. The van der Waals surface area contributed by atoms with Crippen LogP contribution in [-0.4, -0.2) is 0 Å². The molecule has 27 aromatic rings. The molecule has 3 aliphatic carbocycles. The third-order valence-corrected chi connectivity index (χ3v) is 30.9. The molecule has 0 amide bonds. The number of rotatable bonds is 12. The summed E-state index contributed by atoms with van der Waals surface area (Å²) in [7, 11) is 0. The summed E-state index contributed by atoms with van der Waals surface area (Å²) in [6.07, 6.45) is 0. The minimum absolute atomic E-state index is 0.109. The number of nitrogens with zero attached hydrogens (tertiary/aromatic N) is 3. The maximum absolute atomic E-state index is 6.42. The highest BCUT2D eigenvalue weighted by molar-refractivity contribution is 6.19. The van der Waals surface area contributed by atoms with Gasteiger partial charge in [0.05, 0.1) is 50.3 Å². The molecule has 0 unspecified atom stereocenters. The fraction of sp³-hybridized carbons (Fsp3) is 0.0667. The first kappa shape index (κ1) is 83.9. The minimum Gasteiger partial charge on any atom is -0.456 e. The Balaban J connectivity index is 0.000000105. The van der Waals surface area contributed by atoms with E-state index in [0.29, 0.717) is 0 Å². The van der Waals surface area contributed by atoms with E-state index in [2.05, 4.69) is 457 Å². The van der Waals surface area contributed by atoms with Gasteiger partial charge in [0.25, 0.3) is 0 Å². The van der Waals surface area contributed by atoms with Crippen molar-refractivity contribution in [2.24, 2.45) is 0 Å². The van der Waals surface area contributed by atoms with Crippen LogP contribution in [-0.2, 0) is 16.2 Å². The second-order valence-corrected chi connectivity index (χ2v) is 39.9. The first-order valence-electron chi connectivity index (χ1n) is 49.6. The number of hydrogen-bond donors (Lipinski definition) is 0. The zero-order chi connectivity index (χ0) is 96.0. The number of anilines is 9. The van der Waals surface area contributed by atoms with Crippen LogP contribution in [0.2, 0.25) is 0 Å². The Hall–Kier alpha value is -18.2. The lowest BCUT2D eigenvalue weighted by Crippen LogP contribution is -2.16. The van der Waals surface area contributed by atoms with Gasteiger partial charge in [-0.15, -0.1) is 0 Å². The van der Waals surface area contributed by atoms with Crippen LogP contribution in [0.15, 0.2) is 481 Å². The molecule has 9 heteroatoms. The standard InChI is InChI=1S/3C45H31NO2/c1-45(2)35-17-6-3-13-33(35)42-36(45)18-10-19-37(42)46(38-20-11-23-41-43(38)34-14-5-8-22-40(34)47-41)29-26-24-28(25-27-29)30-15-9-16-32-31-12-4-7-21-39(31)48-44(30)32;1-45(2)35-14-6-3-12-33(35)43-36(45)15-9-16-37(43)46(38-17-10-20-41-44(38)34-13-5-8-19-40(34)47-41)30-24-21-28(22-25-30)29-23-26-32-31-11-4-7-18-39(31)48-42(32)27-29;1-45(2)35-14-6-3-12-32(35)43-36(45)15-9-16-37(43)46(38-17-10-20-42-44(38)33-13-5-8-19-40(33)48-42)30-24-21-28(22-25-30)29-23-26-41-34(27-29)31-11-4-7-18-39(31)47-41/h3*3-27H,1-2H3. The zero-order valence-electron chi connectivity index (χ0n) is 80.1. The van der Waals surface area contributed by atoms with E-state index < -0.39 is 0 Å². The van der Waals surface area contributed by atoms with Crippen LogP contribution in [0.3, 0.4) is 0 Å². The topological polar surface area (TPSA) is 88.6 Å². The van der Waals surface area contributed by atoms with Crippen LogP contribution in [0.1, 0.15) is 74.9 Å². The average Bonchev–Trinajstić information content (AvgIpc) is 1.56. The molecule has 0 spiro atoms. The van der Waals surface area contributed by atoms with E-state index in [1.165, 1.54) is 66.8 Å². The highest BCUT2D eigenvalue weighted by atomic mass is 16.3. The molecule has 0 N–H and O–H groups in total. The lowest BCUT2D eigenvalue weighted by Gasteiger charge is -2.29. The van der Waals surface area contributed by atoms with Gasteiger partial charge in [-0.05, 0) is 230 Å². The van der Waals surface area contributed by atoms with Crippen LogP contribution in [0.25, 0.3) is 198 Å².